The number of nitrogens with two attached hydrogens (primary N) is 1. The van der Waals surface area contributed by atoms with Gasteiger partial charge in [0.1, 0.15) is 0 Å². The number of carbonyl (C=O) groups is 1. The molecule has 1 aliphatic rings. The summed E-state index contributed by atoms with van der Waals surface area (Å²) in [6.45, 7) is 4.71. The van der Waals surface area contributed by atoms with Crippen molar-refractivity contribution in [3.05, 3.63) is 64.7 Å². The van der Waals surface area contributed by atoms with Crippen LogP contribution in [0.25, 0.3) is 0 Å². The maximum Gasteiger partial charge on any atom is 0.253 e. The highest BCUT2D eigenvalue weighted by Crippen LogP contribution is 2.39. The Bertz CT molecular complexity index is 1020. The van der Waals surface area contributed by atoms with Gasteiger partial charge in [0.2, 0.25) is 10.0 Å². The van der Waals surface area contributed by atoms with Gasteiger partial charge in [0.25, 0.3) is 5.91 Å². The van der Waals surface area contributed by atoms with Crippen molar-refractivity contribution in [1.82, 2.24) is 9.62 Å². The van der Waals surface area contributed by atoms with Crippen LogP contribution in [0.4, 0.5) is 5.69 Å². The van der Waals surface area contributed by atoms with Gasteiger partial charge in [0, 0.05) is 35.3 Å². The molecule has 0 unspecified atom stereocenters. The van der Waals surface area contributed by atoms with Crippen LogP contribution in [0.15, 0.2) is 48.5 Å². The normalized spacial score (nSPS) is 17.8. The Kier molecular flexibility index (Phi) is 7.29. The van der Waals surface area contributed by atoms with E-state index in [1.807, 2.05) is 32.0 Å². The van der Waals surface area contributed by atoms with E-state index < -0.39 is 10.0 Å². The van der Waals surface area contributed by atoms with Crippen LogP contribution in [0.1, 0.15) is 49.0 Å². The van der Waals surface area contributed by atoms with Crippen LogP contribution < -0.4 is 11.1 Å². The number of nitrogens with zero attached hydrogens (tertiary/aromatic N) is 1. The van der Waals surface area contributed by atoms with Gasteiger partial charge in [-0.3, -0.25) is 4.79 Å². The first-order valence-corrected chi connectivity index (χ1v) is 12.6. The molecule has 1 saturated heterocycles. The van der Waals surface area contributed by atoms with E-state index in [1.54, 1.807) is 22.5 Å². The zero-order chi connectivity index (χ0) is 22.6. The van der Waals surface area contributed by atoms with E-state index in [-0.39, 0.29) is 23.1 Å². The summed E-state index contributed by atoms with van der Waals surface area (Å²) in [6, 6.07) is 14.6. The zero-order valence-corrected chi connectivity index (χ0v) is 19.5. The molecule has 1 fully saturated rings. The van der Waals surface area contributed by atoms with Gasteiger partial charge in [-0.05, 0) is 49.9 Å². The predicted octanol–water partition coefficient (Wildman–Crippen LogP) is 3.81. The molecule has 3 N–H and O–H groups in total. The lowest BCUT2D eigenvalue weighted by Crippen LogP contribution is -2.55. The molecule has 1 heterocycles. The summed E-state index contributed by atoms with van der Waals surface area (Å²) in [6.07, 6.45) is 1.84. The molecule has 168 valence electrons. The molecule has 1 atom stereocenters. The molecular formula is C23H30ClN3O3S. The monoisotopic (exact) mass is 463 g/mol. The second-order valence-electron chi connectivity index (χ2n) is 8.16. The summed E-state index contributed by atoms with van der Waals surface area (Å²) in [7, 11) is -3.25. The molecule has 2 aromatic rings. The van der Waals surface area contributed by atoms with E-state index in [9.17, 15) is 13.2 Å². The molecule has 2 aromatic carbocycles. The number of rotatable bonds is 7. The summed E-state index contributed by atoms with van der Waals surface area (Å²) >= 11 is 5.96. The molecule has 0 aromatic heterocycles. The number of nitrogen functional groups attached to an aromatic ring is 1. The second-order valence-corrected chi connectivity index (χ2v) is 10.7. The molecule has 31 heavy (non-hydrogen) atoms. The summed E-state index contributed by atoms with van der Waals surface area (Å²) in [5.74, 6) is -0.106. The van der Waals surface area contributed by atoms with Crippen LogP contribution in [0.3, 0.4) is 0 Å². The minimum atomic E-state index is -3.25. The molecule has 0 aliphatic carbocycles. The third-order valence-corrected chi connectivity index (χ3v) is 8.56. The third-order valence-electron chi connectivity index (χ3n) is 6.25. The molecule has 0 bridgehead atoms. The number of piperidine rings is 1. The van der Waals surface area contributed by atoms with Crippen LogP contribution in [0.5, 0.6) is 0 Å². The number of anilines is 1. The van der Waals surface area contributed by atoms with Gasteiger partial charge < -0.3 is 11.1 Å². The van der Waals surface area contributed by atoms with Crippen molar-refractivity contribution in [3.63, 3.8) is 0 Å². The average molecular weight is 464 g/mol. The second kappa shape index (κ2) is 9.59. The molecule has 1 aliphatic heterocycles. The summed E-state index contributed by atoms with van der Waals surface area (Å²) in [4.78, 5) is 13.0. The quantitative estimate of drug-likeness (QED) is 0.610. The molecule has 3 rings (SSSR count). The number of nitrogens with one attached hydrogen (secondary N) is 1. The van der Waals surface area contributed by atoms with Gasteiger partial charge in [-0.15, -0.1) is 0 Å². The minimum Gasteiger partial charge on any atom is -0.398 e. The number of amides is 1. The lowest BCUT2D eigenvalue weighted by atomic mass is 9.68. The minimum absolute atomic E-state index is 0.160. The smallest absolute Gasteiger partial charge is 0.253 e. The van der Waals surface area contributed by atoms with Crippen LogP contribution >= 0.6 is 11.6 Å². The highest BCUT2D eigenvalue weighted by molar-refractivity contribution is 7.89. The molecule has 0 saturated carbocycles. The zero-order valence-electron chi connectivity index (χ0n) is 18.0. The van der Waals surface area contributed by atoms with E-state index in [4.69, 9.17) is 17.3 Å². The number of sulfonamides is 1. The number of benzene rings is 2. The number of carbonyl (C=O) groups excluding carboxylic acids is 1. The Balaban J connectivity index is 1.86. The maximum absolute atomic E-state index is 13.0. The van der Waals surface area contributed by atoms with Crippen LogP contribution in [0.2, 0.25) is 5.02 Å². The number of halogens is 1. The van der Waals surface area contributed by atoms with Crippen molar-refractivity contribution in [2.75, 3.05) is 24.6 Å². The lowest BCUT2D eigenvalue weighted by Gasteiger charge is -2.45. The maximum atomic E-state index is 13.0. The highest BCUT2D eigenvalue weighted by Gasteiger charge is 2.43. The fourth-order valence-electron chi connectivity index (χ4n) is 4.45. The third kappa shape index (κ3) is 5.05. The summed E-state index contributed by atoms with van der Waals surface area (Å²) in [5.41, 5.74) is 7.42. The molecular weight excluding hydrogens is 434 g/mol. The van der Waals surface area contributed by atoms with Gasteiger partial charge in [-0.1, -0.05) is 48.9 Å². The van der Waals surface area contributed by atoms with E-state index in [2.05, 4.69) is 17.4 Å². The van der Waals surface area contributed by atoms with Crippen molar-refractivity contribution in [3.8, 4) is 0 Å². The van der Waals surface area contributed by atoms with Crippen LogP contribution in [-0.2, 0) is 15.4 Å². The van der Waals surface area contributed by atoms with Crippen LogP contribution in [-0.4, -0.2) is 43.5 Å². The Morgan fingerprint density at radius 2 is 1.84 bits per heavy atom. The van der Waals surface area contributed by atoms with Gasteiger partial charge in [-0.25, -0.2) is 12.7 Å². The Morgan fingerprint density at radius 3 is 2.42 bits per heavy atom. The Labute approximate surface area is 189 Å². The fourth-order valence-corrected chi connectivity index (χ4v) is 6.14. The highest BCUT2D eigenvalue weighted by atomic mass is 35.5. The molecule has 8 heteroatoms. The first kappa shape index (κ1) is 23.6. The predicted molar refractivity (Wildman–Crippen MR) is 126 cm³/mol. The molecule has 6 nitrogen and oxygen atoms in total. The Morgan fingerprint density at radius 1 is 1.19 bits per heavy atom. The van der Waals surface area contributed by atoms with Crippen LogP contribution in [0, 0.1) is 0 Å². The first-order valence-electron chi connectivity index (χ1n) is 10.6. The summed E-state index contributed by atoms with van der Waals surface area (Å²) < 4.78 is 26.7. The Hall–Kier alpha value is -2.09. The SMILES string of the molecule is CCCS(=O)(=O)N1CCC(c2ccccc2)([C@H](C)NC(=O)c2ccc(Cl)cc2N)CC1. The lowest BCUT2D eigenvalue weighted by molar-refractivity contribution is 0.0896. The largest absolute Gasteiger partial charge is 0.398 e. The van der Waals surface area contributed by atoms with Gasteiger partial charge in [0.05, 0.1) is 11.3 Å². The van der Waals surface area contributed by atoms with Crippen molar-refractivity contribution in [1.29, 1.82) is 0 Å². The van der Waals surface area contributed by atoms with Crippen molar-refractivity contribution in [2.45, 2.75) is 44.6 Å². The summed E-state index contributed by atoms with van der Waals surface area (Å²) in [5, 5.41) is 3.59. The number of hydrogen-bond donors (Lipinski definition) is 2. The molecule has 0 spiro atoms. The van der Waals surface area contributed by atoms with Crippen molar-refractivity contribution >= 4 is 33.2 Å². The van der Waals surface area contributed by atoms with Crippen molar-refractivity contribution < 1.29 is 13.2 Å². The van der Waals surface area contributed by atoms with Gasteiger partial charge in [0.15, 0.2) is 0 Å². The number of hydrogen-bond acceptors (Lipinski definition) is 4. The van der Waals surface area contributed by atoms with E-state index in [0.717, 1.165) is 5.56 Å². The molecule has 1 amide bonds. The standard InChI is InChI=1S/C23H30ClN3O3S/c1-3-15-31(29,30)27-13-11-23(12-14-27,18-7-5-4-6-8-18)17(2)26-22(28)20-10-9-19(24)16-21(20)25/h4-10,16-17H,3,11-15,25H2,1-2H3,(H,26,28)/t17-/m0/s1. The van der Waals surface area contributed by atoms with E-state index in [1.165, 1.54) is 0 Å². The average Bonchev–Trinajstić information content (AvgIpc) is 2.74. The van der Waals surface area contributed by atoms with Gasteiger partial charge >= 0.3 is 0 Å². The van der Waals surface area contributed by atoms with Gasteiger partial charge in [-0.2, -0.15) is 0 Å². The molecule has 0 radical (unpaired) electrons. The first-order chi connectivity index (χ1) is 14.7. The fraction of sp³-hybridized carbons (Fsp3) is 0.435. The van der Waals surface area contributed by atoms with E-state index >= 15 is 0 Å². The topological polar surface area (TPSA) is 92.5 Å². The van der Waals surface area contributed by atoms with Crippen molar-refractivity contribution in [2.24, 2.45) is 0 Å². The van der Waals surface area contributed by atoms with E-state index in [0.29, 0.717) is 48.6 Å².